The summed E-state index contributed by atoms with van der Waals surface area (Å²) in [6, 6.07) is 19.3. The Balaban J connectivity index is 1.34. The number of hydrogen-bond donors (Lipinski definition) is 1. The van der Waals surface area contributed by atoms with Gasteiger partial charge in [0, 0.05) is 53.8 Å². The summed E-state index contributed by atoms with van der Waals surface area (Å²) in [5.41, 5.74) is 3.54. The smallest absolute Gasteiger partial charge is 0.255 e. The Kier molecular flexibility index (Phi) is 6.99. The zero-order valence-electron chi connectivity index (χ0n) is 17.3. The lowest BCUT2D eigenvalue weighted by Crippen LogP contribution is -2.34. The highest BCUT2D eigenvalue weighted by atomic mass is 32.2. The molecular weight excluding hydrogens is 406 g/mol. The predicted molar refractivity (Wildman–Crippen MR) is 124 cm³/mol. The van der Waals surface area contributed by atoms with Gasteiger partial charge in [-0.05, 0) is 66.4 Å². The van der Waals surface area contributed by atoms with E-state index in [1.54, 1.807) is 18.0 Å². The molecule has 2 heterocycles. The topological polar surface area (TPSA) is 62.3 Å². The Labute approximate surface area is 186 Å². The summed E-state index contributed by atoms with van der Waals surface area (Å²) < 4.78 is 0. The summed E-state index contributed by atoms with van der Waals surface area (Å²) in [4.78, 5) is 31.9. The molecule has 1 aromatic heterocycles. The number of piperidine rings is 1. The quantitative estimate of drug-likeness (QED) is 0.526. The van der Waals surface area contributed by atoms with Crippen LogP contribution in [0.4, 0.5) is 5.69 Å². The van der Waals surface area contributed by atoms with Crippen molar-refractivity contribution in [3.63, 3.8) is 0 Å². The maximum atomic E-state index is 12.7. The molecule has 2 aromatic carbocycles. The number of anilines is 1. The van der Waals surface area contributed by atoms with E-state index in [1.807, 2.05) is 65.7 Å². The van der Waals surface area contributed by atoms with Gasteiger partial charge in [0.1, 0.15) is 0 Å². The molecule has 31 heavy (non-hydrogen) atoms. The molecule has 1 aliphatic heterocycles. The van der Waals surface area contributed by atoms with Crippen LogP contribution in [0, 0.1) is 0 Å². The van der Waals surface area contributed by atoms with Gasteiger partial charge in [-0.3, -0.25) is 14.6 Å². The van der Waals surface area contributed by atoms with E-state index in [0.717, 1.165) is 41.3 Å². The molecule has 0 aliphatic carbocycles. The molecular formula is C25H25N3O2S. The van der Waals surface area contributed by atoms with E-state index in [9.17, 15) is 9.59 Å². The van der Waals surface area contributed by atoms with Crippen LogP contribution in [-0.4, -0.2) is 28.2 Å². The fourth-order valence-corrected chi connectivity index (χ4v) is 4.39. The predicted octanol–water partition coefficient (Wildman–Crippen LogP) is 5.14. The normalized spacial score (nSPS) is 13.8. The molecule has 4 rings (SSSR count). The number of carbonyl (C=O) groups excluding carboxylic acids is 2. The first-order valence-corrected chi connectivity index (χ1v) is 11.5. The number of carbonyl (C=O) groups is 2. The largest absolute Gasteiger partial charge is 0.338 e. The van der Waals surface area contributed by atoms with Crippen LogP contribution < -0.4 is 5.32 Å². The summed E-state index contributed by atoms with van der Waals surface area (Å²) in [6.07, 6.45) is 6.30. The molecule has 0 radical (unpaired) electrons. The Morgan fingerprint density at radius 2 is 1.87 bits per heavy atom. The van der Waals surface area contributed by atoms with Crippen LogP contribution in [0.25, 0.3) is 0 Å². The maximum Gasteiger partial charge on any atom is 0.255 e. The minimum absolute atomic E-state index is 0.144. The van der Waals surface area contributed by atoms with E-state index in [1.165, 1.54) is 5.56 Å². The summed E-state index contributed by atoms with van der Waals surface area (Å²) in [5.74, 6) is 0.906. The zero-order chi connectivity index (χ0) is 21.5. The van der Waals surface area contributed by atoms with Crippen LogP contribution >= 0.6 is 11.8 Å². The first kappa shape index (κ1) is 21.1. The van der Waals surface area contributed by atoms with Gasteiger partial charge in [-0.25, -0.2) is 0 Å². The number of benzene rings is 2. The maximum absolute atomic E-state index is 12.7. The number of thioether (sulfide) groups is 1. The molecule has 1 N–H and O–H groups in total. The van der Waals surface area contributed by atoms with Crippen molar-refractivity contribution in [1.82, 2.24) is 9.88 Å². The third kappa shape index (κ3) is 5.95. The average Bonchev–Trinajstić information content (AvgIpc) is 2.80. The van der Waals surface area contributed by atoms with Crippen LogP contribution in [0.1, 0.15) is 40.7 Å². The zero-order valence-corrected chi connectivity index (χ0v) is 18.1. The molecule has 0 spiro atoms. The second kappa shape index (κ2) is 10.3. The molecule has 1 saturated heterocycles. The number of amides is 2. The Morgan fingerprint density at radius 3 is 2.65 bits per heavy atom. The van der Waals surface area contributed by atoms with Gasteiger partial charge >= 0.3 is 0 Å². The second-order valence-electron chi connectivity index (χ2n) is 7.60. The van der Waals surface area contributed by atoms with Crippen molar-refractivity contribution >= 4 is 29.3 Å². The van der Waals surface area contributed by atoms with E-state index in [0.29, 0.717) is 18.5 Å². The first-order valence-electron chi connectivity index (χ1n) is 10.5. The third-order valence-corrected chi connectivity index (χ3v) is 6.31. The lowest BCUT2D eigenvalue weighted by molar-refractivity contribution is -0.133. The number of pyridine rings is 1. The van der Waals surface area contributed by atoms with Crippen molar-refractivity contribution in [1.29, 1.82) is 0 Å². The first-order chi connectivity index (χ1) is 15.2. The monoisotopic (exact) mass is 431 g/mol. The van der Waals surface area contributed by atoms with Crippen molar-refractivity contribution < 1.29 is 9.59 Å². The van der Waals surface area contributed by atoms with Gasteiger partial charge in [-0.15, -0.1) is 11.8 Å². The molecule has 5 nitrogen and oxygen atoms in total. The average molecular weight is 432 g/mol. The highest BCUT2D eigenvalue weighted by Crippen LogP contribution is 2.23. The second-order valence-corrected chi connectivity index (χ2v) is 8.65. The van der Waals surface area contributed by atoms with Crippen LogP contribution in [0.5, 0.6) is 0 Å². The number of nitrogens with one attached hydrogen (secondary N) is 1. The van der Waals surface area contributed by atoms with Crippen LogP contribution in [0.3, 0.4) is 0 Å². The van der Waals surface area contributed by atoms with Crippen LogP contribution in [0.15, 0.2) is 78.0 Å². The highest BCUT2D eigenvalue weighted by Gasteiger charge is 2.18. The van der Waals surface area contributed by atoms with E-state index in [2.05, 4.69) is 16.4 Å². The van der Waals surface area contributed by atoms with Crippen molar-refractivity contribution in [2.75, 3.05) is 11.9 Å². The van der Waals surface area contributed by atoms with Crippen LogP contribution in [-0.2, 0) is 17.1 Å². The molecule has 2 amide bonds. The lowest BCUT2D eigenvalue weighted by Gasteiger charge is -2.26. The molecule has 0 bridgehead atoms. The Hall–Kier alpha value is -3.12. The fraction of sp³-hybridized carbons (Fsp3) is 0.240. The number of nitrogens with zero attached hydrogens (tertiary/aromatic N) is 2. The Morgan fingerprint density at radius 1 is 1.03 bits per heavy atom. The summed E-state index contributed by atoms with van der Waals surface area (Å²) in [5, 5.41) is 2.97. The molecule has 1 aliphatic rings. The molecule has 0 atom stereocenters. The van der Waals surface area contributed by atoms with Gasteiger partial charge in [0.25, 0.3) is 5.91 Å². The summed E-state index contributed by atoms with van der Waals surface area (Å²) in [7, 11) is 0. The molecule has 0 unspecified atom stereocenters. The van der Waals surface area contributed by atoms with Gasteiger partial charge in [0.15, 0.2) is 0 Å². The molecule has 3 aromatic rings. The molecule has 6 heteroatoms. The third-order valence-electron chi connectivity index (χ3n) is 5.22. The van der Waals surface area contributed by atoms with Crippen molar-refractivity contribution in [3.8, 4) is 0 Å². The van der Waals surface area contributed by atoms with Crippen molar-refractivity contribution in [2.45, 2.75) is 36.5 Å². The van der Waals surface area contributed by atoms with Gasteiger partial charge in [0.2, 0.25) is 5.91 Å². The van der Waals surface area contributed by atoms with Crippen molar-refractivity contribution in [3.05, 3.63) is 89.7 Å². The minimum Gasteiger partial charge on any atom is -0.338 e. The Bertz CT molecular complexity index is 1040. The SMILES string of the molecule is O=C(Nc1cccc(CN2CCCCC2=O)c1)c1ccc(SCc2cccnc2)cc1. The van der Waals surface area contributed by atoms with E-state index >= 15 is 0 Å². The van der Waals surface area contributed by atoms with E-state index < -0.39 is 0 Å². The van der Waals surface area contributed by atoms with Gasteiger partial charge in [0.05, 0.1) is 0 Å². The van der Waals surface area contributed by atoms with Crippen molar-refractivity contribution in [2.24, 2.45) is 0 Å². The fourth-order valence-electron chi connectivity index (χ4n) is 3.55. The standard InChI is InChI=1S/C25H25N3O2S/c29-24-8-1-2-14-28(24)17-19-5-3-7-22(15-19)27-25(30)21-9-11-23(12-10-21)31-18-20-6-4-13-26-16-20/h3-7,9-13,15-16H,1-2,8,14,17-18H2,(H,27,30). The van der Waals surface area contributed by atoms with Gasteiger partial charge in [-0.2, -0.15) is 0 Å². The minimum atomic E-state index is -0.144. The number of likely N-dealkylation sites (tertiary alicyclic amines) is 1. The number of rotatable bonds is 7. The van der Waals surface area contributed by atoms with E-state index in [4.69, 9.17) is 0 Å². The summed E-state index contributed by atoms with van der Waals surface area (Å²) in [6.45, 7) is 1.39. The molecule has 158 valence electrons. The van der Waals surface area contributed by atoms with Gasteiger partial charge < -0.3 is 10.2 Å². The van der Waals surface area contributed by atoms with Gasteiger partial charge in [-0.1, -0.05) is 18.2 Å². The molecule has 0 saturated carbocycles. The number of aromatic nitrogens is 1. The van der Waals surface area contributed by atoms with Crippen LogP contribution in [0.2, 0.25) is 0 Å². The highest BCUT2D eigenvalue weighted by molar-refractivity contribution is 7.98. The number of hydrogen-bond acceptors (Lipinski definition) is 4. The molecule has 1 fully saturated rings. The lowest BCUT2D eigenvalue weighted by atomic mass is 10.1. The summed E-state index contributed by atoms with van der Waals surface area (Å²) >= 11 is 1.71. The van der Waals surface area contributed by atoms with E-state index in [-0.39, 0.29) is 11.8 Å².